The monoisotopic (exact) mass is 553 g/mol. The van der Waals surface area contributed by atoms with E-state index in [-0.39, 0.29) is 24.0 Å². The Labute approximate surface area is 231 Å². The number of allylic oxidation sites excluding steroid dienone is 3. The van der Waals surface area contributed by atoms with Crippen molar-refractivity contribution in [3.63, 3.8) is 0 Å². The average molecular weight is 554 g/mol. The van der Waals surface area contributed by atoms with E-state index in [9.17, 15) is 23.4 Å². The lowest BCUT2D eigenvalue weighted by Gasteiger charge is -2.57. The predicted octanol–water partition coefficient (Wildman–Crippen LogP) is 4.77. The lowest BCUT2D eigenvalue weighted by Crippen LogP contribution is -2.62. The molecular weight excluding hydrogens is 519 g/mol. The Kier molecular flexibility index (Phi) is 5.36. The molecule has 6 nitrogen and oxygen atoms in total. The Bertz CT molecular complexity index is 1530. The summed E-state index contributed by atoms with van der Waals surface area (Å²) in [4.78, 5) is 6.07. The van der Waals surface area contributed by atoms with Gasteiger partial charge in [0.05, 0.1) is 17.3 Å². The minimum absolute atomic E-state index is 0.141. The number of likely N-dealkylation sites (N-methyl/N-ethyl adjacent to an activating group) is 1. The number of benzene rings is 1. The fourth-order valence-corrected chi connectivity index (χ4v) is 8.73. The standard InChI is InChI=1S/C31H34F3N3O3/c1-28-14-22(31(32,33)34)20-13-21-25(38)26(39)23(37(2)3)15-29(21)9-10-30(20,40-29)24(28)7-6-19(28)17-5-4-16-8-11-36-27(35)18(16)12-17/h4-6,8,11-13,23-26,38-39H,7,9-10,14-15H2,1-3H3,(H2,35,36)/t23-,24?,25+,26+,28+,29+,30+/m0/s1. The summed E-state index contributed by atoms with van der Waals surface area (Å²) in [5.74, 6) is 0.177. The van der Waals surface area contributed by atoms with Crippen LogP contribution in [0.1, 0.15) is 44.6 Å². The van der Waals surface area contributed by atoms with Gasteiger partial charge in [-0.25, -0.2) is 4.98 Å². The van der Waals surface area contributed by atoms with Gasteiger partial charge >= 0.3 is 6.18 Å². The molecule has 1 aromatic heterocycles. The fraction of sp³-hybridized carbons (Fsp3) is 0.516. The van der Waals surface area contributed by atoms with Crippen LogP contribution in [0.2, 0.25) is 0 Å². The van der Waals surface area contributed by atoms with E-state index in [0.717, 1.165) is 21.9 Å². The third-order valence-corrected chi connectivity index (χ3v) is 10.6. The Balaban J connectivity index is 1.39. The first-order valence-electron chi connectivity index (χ1n) is 13.9. The number of alkyl halides is 3. The van der Waals surface area contributed by atoms with Crippen LogP contribution < -0.4 is 5.73 Å². The van der Waals surface area contributed by atoms with E-state index in [1.807, 2.05) is 50.2 Å². The topological polar surface area (TPSA) is 91.8 Å². The summed E-state index contributed by atoms with van der Waals surface area (Å²) < 4.78 is 51.7. The number of fused-ring (bicyclic) bond motifs is 2. The molecule has 9 heteroatoms. The van der Waals surface area contributed by atoms with E-state index in [1.54, 1.807) is 12.3 Å². The quantitative estimate of drug-likeness (QED) is 0.496. The van der Waals surface area contributed by atoms with E-state index < -0.39 is 40.6 Å². The van der Waals surface area contributed by atoms with Crippen molar-refractivity contribution in [2.45, 2.75) is 74.7 Å². The van der Waals surface area contributed by atoms with Gasteiger partial charge in [-0.1, -0.05) is 31.2 Å². The molecule has 0 radical (unpaired) electrons. The van der Waals surface area contributed by atoms with Gasteiger partial charge in [0.1, 0.15) is 11.9 Å². The predicted molar refractivity (Wildman–Crippen MR) is 146 cm³/mol. The molecule has 212 valence electrons. The van der Waals surface area contributed by atoms with E-state index in [2.05, 4.69) is 11.1 Å². The van der Waals surface area contributed by atoms with Crippen molar-refractivity contribution in [2.75, 3.05) is 19.8 Å². The zero-order valence-electron chi connectivity index (χ0n) is 22.8. The molecule has 5 aliphatic rings. The molecule has 2 aliphatic heterocycles. The molecule has 1 saturated carbocycles. The van der Waals surface area contributed by atoms with Crippen molar-refractivity contribution in [1.29, 1.82) is 0 Å². The molecule has 7 rings (SSSR count). The van der Waals surface area contributed by atoms with E-state index in [1.165, 1.54) is 0 Å². The molecule has 3 heterocycles. The fourth-order valence-electron chi connectivity index (χ4n) is 8.73. The number of nitrogens with two attached hydrogens (primary N) is 1. The number of rotatable bonds is 2. The third-order valence-electron chi connectivity index (χ3n) is 10.6. The number of hydrogen-bond acceptors (Lipinski definition) is 6. The highest BCUT2D eigenvalue weighted by atomic mass is 19.4. The van der Waals surface area contributed by atoms with E-state index in [0.29, 0.717) is 37.1 Å². The minimum Gasteiger partial charge on any atom is -0.388 e. The van der Waals surface area contributed by atoms with Crippen molar-refractivity contribution < 1.29 is 28.1 Å². The first kappa shape index (κ1) is 26.2. The summed E-state index contributed by atoms with van der Waals surface area (Å²) in [6.45, 7) is 1.94. The number of halogens is 3. The van der Waals surface area contributed by atoms with Crippen molar-refractivity contribution in [3.05, 3.63) is 64.9 Å². The molecule has 2 spiro atoms. The maximum absolute atomic E-state index is 14.9. The largest absolute Gasteiger partial charge is 0.413 e. The second-order valence-corrected chi connectivity index (χ2v) is 12.8. The Morgan fingerprint density at radius 1 is 1.15 bits per heavy atom. The number of aliphatic hydroxyl groups is 2. The Morgan fingerprint density at radius 3 is 2.65 bits per heavy atom. The first-order chi connectivity index (χ1) is 18.8. The van der Waals surface area contributed by atoms with Crippen molar-refractivity contribution in [1.82, 2.24) is 9.88 Å². The second-order valence-electron chi connectivity index (χ2n) is 12.8. The lowest BCUT2D eigenvalue weighted by atomic mass is 9.56. The maximum Gasteiger partial charge on any atom is 0.413 e. The highest BCUT2D eigenvalue weighted by molar-refractivity contribution is 5.94. The average Bonchev–Trinajstić information content (AvgIpc) is 3.41. The van der Waals surface area contributed by atoms with Gasteiger partial charge < -0.3 is 25.6 Å². The molecule has 0 amide bonds. The van der Waals surface area contributed by atoms with Crippen molar-refractivity contribution in [3.8, 4) is 0 Å². The Hall–Kier alpha value is -2.72. The number of nitrogen functional groups attached to an aromatic ring is 1. The third kappa shape index (κ3) is 3.29. The highest BCUT2D eigenvalue weighted by Gasteiger charge is 2.69. The molecule has 7 atom stereocenters. The molecule has 2 aromatic rings. The molecular formula is C31H34F3N3O3. The van der Waals surface area contributed by atoms with Crippen LogP contribution in [0, 0.1) is 11.3 Å². The van der Waals surface area contributed by atoms with Crippen LogP contribution in [0.3, 0.4) is 0 Å². The molecule has 1 unspecified atom stereocenters. The van der Waals surface area contributed by atoms with Crippen molar-refractivity contribution in [2.24, 2.45) is 11.3 Å². The number of aromatic nitrogens is 1. The van der Waals surface area contributed by atoms with E-state index >= 15 is 0 Å². The first-order valence-corrected chi connectivity index (χ1v) is 13.9. The van der Waals surface area contributed by atoms with Gasteiger partial charge in [0, 0.05) is 34.5 Å². The second kappa shape index (κ2) is 8.18. The van der Waals surface area contributed by atoms with Crippen LogP contribution in [0.4, 0.5) is 19.0 Å². The summed E-state index contributed by atoms with van der Waals surface area (Å²) in [6, 6.07) is 7.34. The molecule has 1 aromatic carbocycles. The summed E-state index contributed by atoms with van der Waals surface area (Å²) >= 11 is 0. The molecule has 40 heavy (non-hydrogen) atoms. The Morgan fingerprint density at radius 2 is 1.93 bits per heavy atom. The number of hydrogen-bond donors (Lipinski definition) is 3. The van der Waals surface area contributed by atoms with Crippen LogP contribution in [-0.4, -0.2) is 69.8 Å². The highest BCUT2D eigenvalue weighted by Crippen LogP contribution is 2.70. The smallest absolute Gasteiger partial charge is 0.388 e. The summed E-state index contributed by atoms with van der Waals surface area (Å²) in [6.07, 6.45) is 0.0546. The minimum atomic E-state index is -4.57. The SMILES string of the molecule is CN(C)[C@H]1C[C@@]23CC[C@@]4(O2)C(=C(C(F)(F)F)C[C@]2(C)C(c5ccc6ccnc(N)c6c5)=CCC24)C=C3[C@@H](O)[C@@H]1O. The molecule has 4 N–H and O–H groups in total. The van der Waals surface area contributed by atoms with Crippen LogP contribution in [0.15, 0.2) is 59.3 Å². The normalized spacial score (nSPS) is 38.7. The van der Waals surface area contributed by atoms with Gasteiger partial charge in [-0.05, 0) is 86.0 Å². The molecule has 3 aliphatic carbocycles. The van der Waals surface area contributed by atoms with Gasteiger partial charge in [0.25, 0.3) is 0 Å². The zero-order chi connectivity index (χ0) is 28.4. The van der Waals surface area contributed by atoms with Gasteiger partial charge in [-0.2, -0.15) is 13.2 Å². The summed E-state index contributed by atoms with van der Waals surface area (Å²) in [5.41, 5.74) is 4.95. The maximum atomic E-state index is 14.9. The zero-order valence-corrected chi connectivity index (χ0v) is 22.8. The van der Waals surface area contributed by atoms with Crippen LogP contribution in [-0.2, 0) is 4.74 Å². The molecule has 2 fully saturated rings. The van der Waals surface area contributed by atoms with Gasteiger partial charge in [-0.15, -0.1) is 0 Å². The number of nitrogens with zero attached hydrogens (tertiary/aromatic N) is 2. The summed E-state index contributed by atoms with van der Waals surface area (Å²) in [5, 5.41) is 23.8. The number of pyridine rings is 1. The summed E-state index contributed by atoms with van der Waals surface area (Å²) in [7, 11) is 3.67. The van der Waals surface area contributed by atoms with Gasteiger partial charge in [0.2, 0.25) is 0 Å². The number of anilines is 1. The van der Waals surface area contributed by atoms with Crippen LogP contribution >= 0.6 is 0 Å². The molecule has 2 bridgehead atoms. The van der Waals surface area contributed by atoms with E-state index in [4.69, 9.17) is 10.5 Å². The van der Waals surface area contributed by atoms with Gasteiger partial charge in [0.15, 0.2) is 0 Å². The van der Waals surface area contributed by atoms with Gasteiger partial charge in [-0.3, -0.25) is 0 Å². The number of aliphatic hydroxyl groups excluding tert-OH is 2. The lowest BCUT2D eigenvalue weighted by molar-refractivity contribution is -0.170. The van der Waals surface area contributed by atoms with Crippen LogP contribution in [0.25, 0.3) is 16.3 Å². The van der Waals surface area contributed by atoms with Crippen molar-refractivity contribution >= 4 is 22.2 Å². The number of ether oxygens (including phenoxy) is 1. The van der Waals surface area contributed by atoms with Crippen LogP contribution in [0.5, 0.6) is 0 Å². The molecule has 1 saturated heterocycles.